The lowest BCUT2D eigenvalue weighted by Gasteiger charge is -1.97. The van der Waals surface area contributed by atoms with E-state index in [1.165, 1.54) is 12.1 Å². The molecule has 0 spiro atoms. The minimum atomic E-state index is -0.406. The number of imidazole rings is 1. The van der Waals surface area contributed by atoms with Gasteiger partial charge >= 0.3 is 0 Å². The first kappa shape index (κ1) is 12.2. The summed E-state index contributed by atoms with van der Waals surface area (Å²) in [5.41, 5.74) is 1.11. The zero-order chi connectivity index (χ0) is 10.7. The first-order chi connectivity index (χ1) is 7.25. The maximum absolute atomic E-state index is 10.4. The summed E-state index contributed by atoms with van der Waals surface area (Å²) >= 11 is 0. The Kier molecular flexibility index (Phi) is 4.02. The topological polar surface area (TPSA) is 71.8 Å². The molecule has 0 fully saturated rings. The Morgan fingerprint density at radius 3 is 2.50 bits per heavy atom. The van der Waals surface area contributed by atoms with Gasteiger partial charge in [0.1, 0.15) is 5.82 Å². The molecule has 84 valence electrons. The standard InChI is InChI=1S/C10H9N3O2.ClH/c14-13(15)9-3-1-8(2-4-9)7-10-11-5-6-12-10;/h1-6H,7H2,(H,11,12);1H. The van der Waals surface area contributed by atoms with Crippen LogP contribution >= 0.6 is 12.4 Å². The zero-order valence-electron chi connectivity index (χ0n) is 8.29. The minimum absolute atomic E-state index is 0. The molecule has 6 heteroatoms. The first-order valence-corrected chi connectivity index (χ1v) is 4.47. The molecule has 1 aromatic carbocycles. The van der Waals surface area contributed by atoms with Gasteiger partial charge in [-0.2, -0.15) is 0 Å². The fourth-order valence-electron chi connectivity index (χ4n) is 1.32. The number of nitrogens with zero attached hydrogens (tertiary/aromatic N) is 2. The third-order valence-corrected chi connectivity index (χ3v) is 2.07. The Morgan fingerprint density at radius 2 is 2.00 bits per heavy atom. The number of aromatic nitrogens is 2. The van der Waals surface area contributed by atoms with E-state index >= 15 is 0 Å². The van der Waals surface area contributed by atoms with Crippen LogP contribution in [0.2, 0.25) is 0 Å². The molecule has 2 aromatic rings. The fraction of sp³-hybridized carbons (Fsp3) is 0.100. The third-order valence-electron chi connectivity index (χ3n) is 2.07. The number of rotatable bonds is 3. The van der Waals surface area contributed by atoms with E-state index in [9.17, 15) is 10.1 Å². The molecule has 5 nitrogen and oxygen atoms in total. The van der Waals surface area contributed by atoms with Gasteiger partial charge in [0.05, 0.1) is 4.92 Å². The normalized spacial score (nSPS) is 9.50. The molecule has 0 radical (unpaired) electrons. The van der Waals surface area contributed by atoms with Crippen LogP contribution in [0.1, 0.15) is 11.4 Å². The summed E-state index contributed by atoms with van der Waals surface area (Å²) in [4.78, 5) is 17.1. The maximum atomic E-state index is 10.4. The Hall–Kier alpha value is -1.88. The van der Waals surface area contributed by atoms with E-state index in [1.54, 1.807) is 24.5 Å². The summed E-state index contributed by atoms with van der Waals surface area (Å²) in [6.45, 7) is 0. The van der Waals surface area contributed by atoms with Gasteiger partial charge in [-0.1, -0.05) is 12.1 Å². The highest BCUT2D eigenvalue weighted by molar-refractivity contribution is 5.85. The van der Waals surface area contributed by atoms with Crippen LogP contribution < -0.4 is 0 Å². The largest absolute Gasteiger partial charge is 0.348 e. The quantitative estimate of drug-likeness (QED) is 0.660. The number of aromatic amines is 1. The van der Waals surface area contributed by atoms with Gasteiger partial charge in [-0.3, -0.25) is 10.1 Å². The van der Waals surface area contributed by atoms with Crippen LogP contribution in [0.15, 0.2) is 36.7 Å². The van der Waals surface area contributed by atoms with E-state index in [1.807, 2.05) is 0 Å². The number of nitro benzene ring substituents is 1. The average molecular weight is 240 g/mol. The van der Waals surface area contributed by atoms with E-state index < -0.39 is 4.92 Å². The van der Waals surface area contributed by atoms with E-state index in [-0.39, 0.29) is 18.1 Å². The molecule has 0 aliphatic carbocycles. The van der Waals surface area contributed by atoms with Crippen molar-refractivity contribution >= 4 is 18.1 Å². The maximum Gasteiger partial charge on any atom is 0.269 e. The Labute approximate surface area is 98.1 Å². The van der Waals surface area contributed by atoms with Crippen LogP contribution in [0.25, 0.3) is 0 Å². The molecule has 16 heavy (non-hydrogen) atoms. The lowest BCUT2D eigenvalue weighted by molar-refractivity contribution is -0.384. The Balaban J connectivity index is 0.00000128. The molecule has 0 atom stereocenters. The van der Waals surface area contributed by atoms with E-state index in [2.05, 4.69) is 9.97 Å². The summed E-state index contributed by atoms with van der Waals surface area (Å²) in [5.74, 6) is 0.851. The molecular formula is C10H10ClN3O2. The van der Waals surface area contributed by atoms with Gasteiger partial charge in [0.15, 0.2) is 0 Å². The molecule has 0 saturated heterocycles. The summed E-state index contributed by atoms with van der Waals surface area (Å²) in [6, 6.07) is 6.47. The second kappa shape index (κ2) is 5.27. The fourth-order valence-corrected chi connectivity index (χ4v) is 1.32. The average Bonchev–Trinajstić information content (AvgIpc) is 2.71. The van der Waals surface area contributed by atoms with E-state index in [0.717, 1.165) is 11.4 Å². The van der Waals surface area contributed by atoms with Crippen LogP contribution in [0, 0.1) is 10.1 Å². The lowest BCUT2D eigenvalue weighted by Crippen LogP contribution is -1.92. The van der Waals surface area contributed by atoms with Gasteiger partial charge in [0.2, 0.25) is 0 Å². The Morgan fingerprint density at radius 1 is 1.31 bits per heavy atom. The number of H-pyrrole nitrogens is 1. The van der Waals surface area contributed by atoms with Crippen molar-refractivity contribution in [2.75, 3.05) is 0 Å². The highest BCUT2D eigenvalue weighted by atomic mass is 35.5. The van der Waals surface area contributed by atoms with Crippen molar-refractivity contribution in [3.63, 3.8) is 0 Å². The highest BCUT2D eigenvalue weighted by Crippen LogP contribution is 2.13. The van der Waals surface area contributed by atoms with Crippen molar-refractivity contribution in [1.29, 1.82) is 0 Å². The van der Waals surface area contributed by atoms with Crippen molar-refractivity contribution in [1.82, 2.24) is 9.97 Å². The van der Waals surface area contributed by atoms with Crippen molar-refractivity contribution in [2.45, 2.75) is 6.42 Å². The second-order valence-corrected chi connectivity index (χ2v) is 3.14. The second-order valence-electron chi connectivity index (χ2n) is 3.14. The van der Waals surface area contributed by atoms with Crippen molar-refractivity contribution in [3.8, 4) is 0 Å². The molecule has 1 N–H and O–H groups in total. The Bertz CT molecular complexity index is 453. The van der Waals surface area contributed by atoms with Crippen LogP contribution in [0.3, 0.4) is 0 Å². The van der Waals surface area contributed by atoms with Gasteiger partial charge in [-0.15, -0.1) is 12.4 Å². The number of benzene rings is 1. The number of non-ortho nitro benzene ring substituents is 1. The summed E-state index contributed by atoms with van der Waals surface area (Å²) in [5, 5.41) is 10.4. The summed E-state index contributed by atoms with van der Waals surface area (Å²) < 4.78 is 0. The van der Waals surface area contributed by atoms with Crippen LogP contribution in [0.5, 0.6) is 0 Å². The predicted octanol–water partition coefficient (Wildman–Crippen LogP) is 2.33. The predicted molar refractivity (Wildman–Crippen MR) is 61.7 cm³/mol. The lowest BCUT2D eigenvalue weighted by atomic mass is 10.1. The molecule has 0 amide bonds. The molecule has 0 bridgehead atoms. The monoisotopic (exact) mass is 239 g/mol. The number of nitrogens with one attached hydrogen (secondary N) is 1. The third kappa shape index (κ3) is 2.80. The molecule has 0 saturated carbocycles. The van der Waals surface area contributed by atoms with Gasteiger partial charge in [-0.05, 0) is 5.56 Å². The van der Waals surface area contributed by atoms with Crippen LogP contribution in [-0.4, -0.2) is 14.9 Å². The summed E-state index contributed by atoms with van der Waals surface area (Å²) in [6.07, 6.45) is 4.09. The van der Waals surface area contributed by atoms with Gasteiger partial charge in [0.25, 0.3) is 5.69 Å². The molecule has 0 unspecified atom stereocenters. The van der Waals surface area contributed by atoms with E-state index in [4.69, 9.17) is 0 Å². The highest BCUT2D eigenvalue weighted by Gasteiger charge is 2.04. The minimum Gasteiger partial charge on any atom is -0.348 e. The number of nitro groups is 1. The van der Waals surface area contributed by atoms with Crippen molar-refractivity contribution < 1.29 is 4.92 Å². The van der Waals surface area contributed by atoms with Crippen molar-refractivity contribution in [3.05, 3.63) is 58.2 Å². The number of hydrogen-bond acceptors (Lipinski definition) is 3. The van der Waals surface area contributed by atoms with Gasteiger partial charge in [0, 0.05) is 30.9 Å². The van der Waals surface area contributed by atoms with Crippen molar-refractivity contribution in [2.24, 2.45) is 0 Å². The SMILES string of the molecule is Cl.O=[N+]([O-])c1ccc(Cc2ncc[nH]2)cc1. The smallest absolute Gasteiger partial charge is 0.269 e. The van der Waals surface area contributed by atoms with Gasteiger partial charge < -0.3 is 4.98 Å². The molecule has 2 rings (SSSR count). The molecule has 1 aromatic heterocycles. The molecule has 0 aliphatic rings. The van der Waals surface area contributed by atoms with Gasteiger partial charge in [-0.25, -0.2) is 4.98 Å². The molecular weight excluding hydrogens is 230 g/mol. The first-order valence-electron chi connectivity index (χ1n) is 4.47. The van der Waals surface area contributed by atoms with E-state index in [0.29, 0.717) is 6.42 Å². The zero-order valence-corrected chi connectivity index (χ0v) is 9.11. The molecule has 0 aliphatic heterocycles. The summed E-state index contributed by atoms with van der Waals surface area (Å²) in [7, 11) is 0. The van der Waals surface area contributed by atoms with Crippen LogP contribution in [-0.2, 0) is 6.42 Å². The number of hydrogen-bond donors (Lipinski definition) is 1. The molecule has 1 heterocycles. The number of halogens is 1. The van der Waals surface area contributed by atoms with Crippen LogP contribution in [0.4, 0.5) is 5.69 Å².